The summed E-state index contributed by atoms with van der Waals surface area (Å²) < 4.78 is 1.28. The van der Waals surface area contributed by atoms with Gasteiger partial charge < -0.3 is 5.32 Å². The van der Waals surface area contributed by atoms with Crippen LogP contribution in [-0.2, 0) is 17.9 Å². The average molecular weight is 340 g/mol. The number of pyridine rings is 1. The van der Waals surface area contributed by atoms with Crippen LogP contribution in [0.3, 0.4) is 0 Å². The lowest BCUT2D eigenvalue weighted by Gasteiger charge is -2.09. The summed E-state index contributed by atoms with van der Waals surface area (Å²) in [7, 11) is 0. The topological polar surface area (TPSA) is 76.9 Å². The quantitative estimate of drug-likeness (QED) is 0.770. The van der Waals surface area contributed by atoms with Gasteiger partial charge in [0.25, 0.3) is 5.56 Å². The van der Waals surface area contributed by atoms with Gasteiger partial charge in [0.1, 0.15) is 6.54 Å². The van der Waals surface area contributed by atoms with Gasteiger partial charge in [-0.1, -0.05) is 12.1 Å². The van der Waals surface area contributed by atoms with E-state index in [1.165, 1.54) is 17.0 Å². The minimum absolute atomic E-state index is 0.0549. The van der Waals surface area contributed by atoms with Crippen LogP contribution in [0, 0.1) is 6.92 Å². The number of carbonyl (C=O) groups is 1. The van der Waals surface area contributed by atoms with Crippen molar-refractivity contribution < 1.29 is 4.79 Å². The van der Waals surface area contributed by atoms with E-state index in [1.807, 2.05) is 29.6 Å². The van der Waals surface area contributed by atoms with Gasteiger partial charge in [0.2, 0.25) is 5.91 Å². The second-order valence-corrected chi connectivity index (χ2v) is 6.21. The molecule has 7 heteroatoms. The third kappa shape index (κ3) is 3.75. The zero-order valence-corrected chi connectivity index (χ0v) is 13.9. The second kappa shape index (κ2) is 7.18. The first-order chi connectivity index (χ1) is 11.6. The number of aromatic nitrogens is 3. The number of amides is 1. The fourth-order valence-corrected chi connectivity index (χ4v) is 3.01. The van der Waals surface area contributed by atoms with Crippen molar-refractivity contribution in [2.45, 2.75) is 20.0 Å². The third-order valence-corrected chi connectivity index (χ3v) is 4.33. The zero-order valence-electron chi connectivity index (χ0n) is 13.1. The van der Waals surface area contributed by atoms with Crippen molar-refractivity contribution in [3.63, 3.8) is 0 Å². The predicted molar refractivity (Wildman–Crippen MR) is 92.6 cm³/mol. The molecule has 0 saturated carbocycles. The normalized spacial score (nSPS) is 10.5. The highest BCUT2D eigenvalue weighted by molar-refractivity contribution is 7.13. The maximum atomic E-state index is 12.1. The lowest BCUT2D eigenvalue weighted by molar-refractivity contribution is -0.121. The monoisotopic (exact) mass is 340 g/mol. The minimum atomic E-state index is -0.247. The smallest absolute Gasteiger partial charge is 0.253 e. The van der Waals surface area contributed by atoms with Gasteiger partial charge >= 0.3 is 0 Å². The molecule has 0 saturated heterocycles. The van der Waals surface area contributed by atoms with Crippen molar-refractivity contribution in [1.29, 1.82) is 0 Å². The number of carbonyl (C=O) groups excluding carboxylic acids is 1. The number of hydrogen-bond donors (Lipinski definition) is 1. The fraction of sp³-hybridized carbons (Fsp3) is 0.176. The van der Waals surface area contributed by atoms with Gasteiger partial charge in [-0.25, -0.2) is 4.98 Å². The average Bonchev–Trinajstić information content (AvgIpc) is 3.10. The number of nitrogens with one attached hydrogen (secondary N) is 1. The summed E-state index contributed by atoms with van der Waals surface area (Å²) in [5.41, 5.74) is 2.19. The standard InChI is InChI=1S/C17H16N4O2S/c1-12-8-16(23)21(11-20-12)10-15(22)19-9-13-4-2-6-18-17(13)14-5-3-7-24-14/h2-8,11H,9-10H2,1H3,(H,19,22). The van der Waals surface area contributed by atoms with Crippen molar-refractivity contribution in [1.82, 2.24) is 19.9 Å². The molecule has 3 rings (SSSR count). The first kappa shape index (κ1) is 16.1. The predicted octanol–water partition coefficient (Wildman–Crippen LogP) is 1.99. The van der Waals surface area contributed by atoms with Crippen LogP contribution in [0.4, 0.5) is 0 Å². The van der Waals surface area contributed by atoms with Crippen LogP contribution in [0.1, 0.15) is 11.3 Å². The van der Waals surface area contributed by atoms with Crippen LogP contribution in [0.25, 0.3) is 10.6 Å². The second-order valence-electron chi connectivity index (χ2n) is 5.26. The summed E-state index contributed by atoms with van der Waals surface area (Å²) in [6.07, 6.45) is 3.12. The van der Waals surface area contributed by atoms with Gasteiger partial charge in [0, 0.05) is 24.5 Å². The van der Waals surface area contributed by atoms with Crippen molar-refractivity contribution in [3.05, 3.63) is 69.8 Å². The Bertz CT molecular complexity index is 903. The number of thiophene rings is 1. The van der Waals surface area contributed by atoms with E-state index in [4.69, 9.17) is 0 Å². The lowest BCUT2D eigenvalue weighted by atomic mass is 10.1. The maximum Gasteiger partial charge on any atom is 0.253 e. The Labute approximate surface area is 142 Å². The Morgan fingerprint density at radius 2 is 2.17 bits per heavy atom. The molecule has 0 spiro atoms. The Balaban J connectivity index is 1.68. The summed E-state index contributed by atoms with van der Waals surface area (Å²) in [5.74, 6) is -0.247. The molecule has 3 aromatic rings. The highest BCUT2D eigenvalue weighted by Gasteiger charge is 2.09. The summed E-state index contributed by atoms with van der Waals surface area (Å²) >= 11 is 1.60. The molecule has 0 aliphatic rings. The Kier molecular flexibility index (Phi) is 4.81. The zero-order chi connectivity index (χ0) is 16.9. The van der Waals surface area contributed by atoms with Crippen molar-refractivity contribution in [3.8, 4) is 10.6 Å². The highest BCUT2D eigenvalue weighted by atomic mass is 32.1. The van der Waals surface area contributed by atoms with Crippen molar-refractivity contribution in [2.75, 3.05) is 0 Å². The van der Waals surface area contributed by atoms with Crippen LogP contribution in [0.15, 0.2) is 53.0 Å². The Hall–Kier alpha value is -2.80. The highest BCUT2D eigenvalue weighted by Crippen LogP contribution is 2.25. The molecule has 1 amide bonds. The van der Waals surface area contributed by atoms with E-state index in [-0.39, 0.29) is 18.0 Å². The fourth-order valence-electron chi connectivity index (χ4n) is 2.26. The van der Waals surface area contributed by atoms with Crippen LogP contribution in [-0.4, -0.2) is 20.4 Å². The maximum absolute atomic E-state index is 12.1. The van der Waals surface area contributed by atoms with Crippen molar-refractivity contribution >= 4 is 17.2 Å². The van der Waals surface area contributed by atoms with Crippen LogP contribution >= 0.6 is 11.3 Å². The lowest BCUT2D eigenvalue weighted by Crippen LogP contribution is -2.32. The van der Waals surface area contributed by atoms with Gasteiger partial charge in [-0.3, -0.25) is 19.1 Å². The van der Waals surface area contributed by atoms with Gasteiger partial charge in [-0.15, -0.1) is 11.3 Å². The molecule has 3 heterocycles. The molecule has 0 atom stereocenters. The molecule has 24 heavy (non-hydrogen) atoms. The van der Waals surface area contributed by atoms with Crippen LogP contribution in [0.5, 0.6) is 0 Å². The van der Waals surface area contributed by atoms with Crippen LogP contribution in [0.2, 0.25) is 0 Å². The van der Waals surface area contributed by atoms with Crippen LogP contribution < -0.4 is 10.9 Å². The molecule has 0 aliphatic heterocycles. The minimum Gasteiger partial charge on any atom is -0.350 e. The first-order valence-corrected chi connectivity index (χ1v) is 8.29. The van der Waals surface area contributed by atoms with Gasteiger partial charge in [-0.2, -0.15) is 0 Å². The molecule has 0 aromatic carbocycles. The van der Waals surface area contributed by atoms with Crippen molar-refractivity contribution in [2.24, 2.45) is 0 Å². The van der Waals surface area contributed by atoms with E-state index in [0.29, 0.717) is 12.2 Å². The molecule has 0 bridgehead atoms. The number of rotatable bonds is 5. The summed E-state index contributed by atoms with van der Waals surface area (Å²) in [4.78, 5) is 33.4. The molecular formula is C17H16N4O2S. The molecule has 3 aromatic heterocycles. The Morgan fingerprint density at radius 3 is 2.92 bits per heavy atom. The first-order valence-electron chi connectivity index (χ1n) is 7.41. The van der Waals surface area contributed by atoms with E-state index >= 15 is 0 Å². The number of nitrogens with zero attached hydrogens (tertiary/aromatic N) is 3. The number of hydrogen-bond acceptors (Lipinski definition) is 5. The van der Waals surface area contributed by atoms with Gasteiger partial charge in [0.05, 0.1) is 16.9 Å². The molecule has 0 fully saturated rings. The third-order valence-electron chi connectivity index (χ3n) is 3.45. The summed E-state index contributed by atoms with van der Waals surface area (Å²) in [6, 6.07) is 9.14. The molecule has 0 aliphatic carbocycles. The van der Waals surface area contributed by atoms with Gasteiger partial charge in [-0.05, 0) is 30.0 Å². The van der Waals surface area contributed by atoms with E-state index in [2.05, 4.69) is 15.3 Å². The van der Waals surface area contributed by atoms with E-state index in [0.717, 1.165) is 16.1 Å². The molecule has 1 N–H and O–H groups in total. The molecule has 0 radical (unpaired) electrons. The largest absolute Gasteiger partial charge is 0.350 e. The molecule has 6 nitrogen and oxygen atoms in total. The molecule has 122 valence electrons. The van der Waals surface area contributed by atoms with E-state index < -0.39 is 0 Å². The number of aryl methyl sites for hydroxylation is 1. The van der Waals surface area contributed by atoms with E-state index in [9.17, 15) is 9.59 Å². The van der Waals surface area contributed by atoms with E-state index in [1.54, 1.807) is 24.5 Å². The summed E-state index contributed by atoms with van der Waals surface area (Å²) in [6.45, 7) is 2.04. The SMILES string of the molecule is Cc1cc(=O)n(CC(=O)NCc2cccnc2-c2cccs2)cn1. The summed E-state index contributed by atoms with van der Waals surface area (Å²) in [5, 5.41) is 4.82. The van der Waals surface area contributed by atoms with Gasteiger partial charge in [0.15, 0.2) is 0 Å². The molecular weight excluding hydrogens is 324 g/mol. The molecule has 0 unspecified atom stereocenters. The Morgan fingerprint density at radius 1 is 1.29 bits per heavy atom.